The van der Waals surface area contributed by atoms with Crippen LogP contribution in [-0.4, -0.2) is 108 Å². The van der Waals surface area contributed by atoms with Crippen molar-refractivity contribution in [1.29, 1.82) is 0 Å². The topological polar surface area (TPSA) is 101 Å². The number of likely N-dealkylation sites (tertiary alicyclic amines) is 2. The first-order chi connectivity index (χ1) is 19.4. The van der Waals surface area contributed by atoms with Crippen LogP contribution in [0.1, 0.15) is 38.3 Å². The van der Waals surface area contributed by atoms with Gasteiger partial charge in [0.1, 0.15) is 11.6 Å². The molecule has 3 aromatic heterocycles. The van der Waals surface area contributed by atoms with E-state index < -0.39 is 5.60 Å². The molecule has 0 unspecified atom stereocenters. The Hall–Kier alpha value is -3.12. The standard InChI is InChI=1S/C29H39N9O2/c1-4-23-30-21-7-5-6-8-22(21)38(23)28-32-26-25(27(33-28)37-13-15-40-16-14-37)31-24(34(26)3)19-35-17-20(18-35)36-11-9-29(2,39)10-12-36/h5-8,20,39H,4,9-19H2,1-3H3. The van der Waals surface area contributed by atoms with Crippen molar-refractivity contribution < 1.29 is 9.84 Å². The van der Waals surface area contributed by atoms with Crippen LogP contribution in [-0.2, 0) is 24.8 Å². The number of ether oxygens (including phenoxy) is 1. The molecule has 40 heavy (non-hydrogen) atoms. The number of aliphatic hydroxyl groups is 1. The maximum Gasteiger partial charge on any atom is 0.239 e. The molecule has 0 radical (unpaired) electrons. The highest BCUT2D eigenvalue weighted by atomic mass is 16.5. The second kappa shape index (κ2) is 10.1. The van der Waals surface area contributed by atoms with Gasteiger partial charge in [-0.05, 0) is 31.9 Å². The lowest BCUT2D eigenvalue weighted by molar-refractivity contribution is -0.0473. The van der Waals surface area contributed by atoms with Crippen LogP contribution >= 0.6 is 0 Å². The maximum atomic E-state index is 10.3. The van der Waals surface area contributed by atoms with E-state index in [1.807, 2.05) is 25.1 Å². The van der Waals surface area contributed by atoms with Gasteiger partial charge in [0, 0.05) is 58.8 Å². The lowest BCUT2D eigenvalue weighted by Gasteiger charge is -2.48. The zero-order valence-electron chi connectivity index (χ0n) is 23.8. The number of aryl methyl sites for hydroxylation is 2. The van der Waals surface area contributed by atoms with Gasteiger partial charge in [0.2, 0.25) is 5.95 Å². The Morgan fingerprint density at radius 1 is 0.975 bits per heavy atom. The Labute approximate surface area is 234 Å². The molecular weight excluding hydrogens is 506 g/mol. The molecule has 0 spiro atoms. The molecule has 1 aromatic carbocycles. The van der Waals surface area contributed by atoms with Crippen molar-refractivity contribution in [3.63, 3.8) is 0 Å². The normalized spacial score (nSPS) is 20.9. The molecule has 0 amide bonds. The minimum Gasteiger partial charge on any atom is -0.390 e. The van der Waals surface area contributed by atoms with Crippen molar-refractivity contribution in [2.75, 3.05) is 57.4 Å². The molecule has 11 nitrogen and oxygen atoms in total. The first kappa shape index (κ1) is 25.8. The molecule has 0 bridgehead atoms. The highest BCUT2D eigenvalue weighted by molar-refractivity contribution is 5.86. The van der Waals surface area contributed by atoms with E-state index in [0.717, 1.165) is 105 Å². The Morgan fingerprint density at radius 2 is 1.73 bits per heavy atom. The minimum absolute atomic E-state index is 0.508. The Morgan fingerprint density at radius 3 is 2.48 bits per heavy atom. The van der Waals surface area contributed by atoms with Gasteiger partial charge in [-0.25, -0.2) is 9.97 Å². The van der Waals surface area contributed by atoms with E-state index >= 15 is 0 Å². The molecular formula is C29H39N9O2. The van der Waals surface area contributed by atoms with E-state index in [-0.39, 0.29) is 0 Å². The number of piperidine rings is 1. The average Bonchev–Trinajstić information content (AvgIpc) is 3.48. The summed E-state index contributed by atoms with van der Waals surface area (Å²) in [6.45, 7) is 11.8. The summed E-state index contributed by atoms with van der Waals surface area (Å²) in [5.74, 6) is 3.45. The van der Waals surface area contributed by atoms with Crippen molar-refractivity contribution in [2.24, 2.45) is 7.05 Å². The Bertz CT molecular complexity index is 1520. The second-order valence-corrected chi connectivity index (χ2v) is 11.8. The van der Waals surface area contributed by atoms with E-state index in [0.29, 0.717) is 25.2 Å². The van der Waals surface area contributed by atoms with Gasteiger partial charge in [-0.1, -0.05) is 19.1 Å². The van der Waals surface area contributed by atoms with Crippen molar-refractivity contribution in [2.45, 2.75) is 51.3 Å². The van der Waals surface area contributed by atoms with Gasteiger partial charge in [0.25, 0.3) is 0 Å². The number of aromatic nitrogens is 6. The van der Waals surface area contributed by atoms with E-state index in [9.17, 15) is 5.11 Å². The zero-order chi connectivity index (χ0) is 27.4. The lowest BCUT2D eigenvalue weighted by Crippen LogP contribution is -2.61. The molecule has 3 aliphatic heterocycles. The highest BCUT2D eigenvalue weighted by Gasteiger charge is 2.37. The summed E-state index contributed by atoms with van der Waals surface area (Å²) >= 11 is 0. The summed E-state index contributed by atoms with van der Waals surface area (Å²) in [6, 6.07) is 8.74. The van der Waals surface area contributed by atoms with E-state index in [1.54, 1.807) is 0 Å². The first-order valence-electron chi connectivity index (χ1n) is 14.6. The van der Waals surface area contributed by atoms with Crippen LogP contribution < -0.4 is 4.90 Å². The van der Waals surface area contributed by atoms with Crippen molar-refractivity contribution in [1.82, 2.24) is 38.9 Å². The summed E-state index contributed by atoms with van der Waals surface area (Å²) in [5.41, 5.74) is 3.15. The number of rotatable bonds is 6. The number of nitrogens with zero attached hydrogens (tertiary/aromatic N) is 9. The monoisotopic (exact) mass is 545 g/mol. The van der Waals surface area contributed by atoms with Gasteiger partial charge in [0.15, 0.2) is 17.0 Å². The lowest BCUT2D eigenvalue weighted by atomic mass is 9.92. The number of imidazole rings is 2. The number of benzene rings is 1. The van der Waals surface area contributed by atoms with Gasteiger partial charge in [-0.3, -0.25) is 14.4 Å². The van der Waals surface area contributed by atoms with E-state index in [4.69, 9.17) is 24.7 Å². The third-order valence-electron chi connectivity index (χ3n) is 8.93. The van der Waals surface area contributed by atoms with Gasteiger partial charge in [-0.2, -0.15) is 9.97 Å². The maximum absolute atomic E-state index is 10.3. The molecule has 3 aliphatic rings. The third kappa shape index (κ3) is 4.54. The smallest absolute Gasteiger partial charge is 0.239 e. The number of fused-ring (bicyclic) bond motifs is 2. The van der Waals surface area contributed by atoms with Crippen LogP contribution in [0, 0.1) is 0 Å². The van der Waals surface area contributed by atoms with Gasteiger partial charge in [-0.15, -0.1) is 0 Å². The average molecular weight is 546 g/mol. The highest BCUT2D eigenvalue weighted by Crippen LogP contribution is 2.30. The fourth-order valence-electron chi connectivity index (χ4n) is 6.33. The van der Waals surface area contributed by atoms with Crippen LogP contribution in [0.2, 0.25) is 0 Å². The number of para-hydroxylation sites is 2. The number of hydrogen-bond donors (Lipinski definition) is 1. The number of morpholine rings is 1. The summed E-state index contributed by atoms with van der Waals surface area (Å²) in [5, 5.41) is 10.3. The fourth-order valence-corrected chi connectivity index (χ4v) is 6.33. The van der Waals surface area contributed by atoms with Crippen LogP contribution in [0.5, 0.6) is 0 Å². The van der Waals surface area contributed by atoms with Gasteiger partial charge < -0.3 is 19.3 Å². The molecule has 6 heterocycles. The van der Waals surface area contributed by atoms with E-state index in [2.05, 4.69) is 43.9 Å². The molecule has 0 aliphatic carbocycles. The molecule has 4 aromatic rings. The number of hydrogen-bond acceptors (Lipinski definition) is 9. The van der Waals surface area contributed by atoms with Crippen LogP contribution in [0.4, 0.5) is 5.82 Å². The quantitative estimate of drug-likeness (QED) is 0.391. The molecule has 212 valence electrons. The van der Waals surface area contributed by atoms with E-state index in [1.165, 1.54) is 0 Å². The number of anilines is 1. The summed E-state index contributed by atoms with van der Waals surface area (Å²) < 4.78 is 9.89. The molecule has 0 saturated carbocycles. The minimum atomic E-state index is -0.508. The summed E-state index contributed by atoms with van der Waals surface area (Å²) in [7, 11) is 2.07. The molecule has 7 rings (SSSR count). The second-order valence-electron chi connectivity index (χ2n) is 11.8. The first-order valence-corrected chi connectivity index (χ1v) is 14.6. The SMILES string of the molecule is CCc1nc2ccccc2n1-c1nc(N2CCOCC2)c2nc(CN3CC(N4CCC(C)(O)CC4)C3)n(C)c2n1. The fraction of sp³-hybridized carbons (Fsp3) is 0.586. The van der Waals surface area contributed by atoms with Crippen LogP contribution in [0.15, 0.2) is 24.3 Å². The van der Waals surface area contributed by atoms with Crippen molar-refractivity contribution in [3.8, 4) is 5.95 Å². The Kier molecular flexibility index (Phi) is 6.49. The van der Waals surface area contributed by atoms with Crippen LogP contribution in [0.3, 0.4) is 0 Å². The molecule has 3 saturated heterocycles. The summed E-state index contributed by atoms with van der Waals surface area (Å²) in [6.07, 6.45) is 2.49. The van der Waals surface area contributed by atoms with Gasteiger partial charge >= 0.3 is 0 Å². The largest absolute Gasteiger partial charge is 0.390 e. The third-order valence-corrected chi connectivity index (χ3v) is 8.93. The Balaban J connectivity index is 1.21. The van der Waals surface area contributed by atoms with Gasteiger partial charge in [0.05, 0.1) is 36.4 Å². The molecule has 11 heteroatoms. The zero-order valence-corrected chi connectivity index (χ0v) is 23.8. The van der Waals surface area contributed by atoms with Crippen LogP contribution in [0.25, 0.3) is 28.1 Å². The van der Waals surface area contributed by atoms with Crippen molar-refractivity contribution >= 4 is 28.0 Å². The summed E-state index contributed by atoms with van der Waals surface area (Å²) in [4.78, 5) is 27.5. The molecule has 3 fully saturated rings. The predicted octanol–water partition coefficient (Wildman–Crippen LogP) is 2.13. The predicted molar refractivity (Wildman–Crippen MR) is 154 cm³/mol. The van der Waals surface area contributed by atoms with Crippen molar-refractivity contribution in [3.05, 3.63) is 35.9 Å². The molecule has 1 N–H and O–H groups in total. The molecule has 0 atom stereocenters.